The fourth-order valence-corrected chi connectivity index (χ4v) is 13.2. The minimum atomic E-state index is -0.441. The highest BCUT2D eigenvalue weighted by Crippen LogP contribution is 2.35. The highest BCUT2D eigenvalue weighted by Gasteiger charge is 2.14. The molecule has 18 aromatic rings. The fraction of sp³-hybridized carbons (Fsp3) is 0. The molecule has 0 bridgehead atoms. The first kappa shape index (κ1) is 59.5. The summed E-state index contributed by atoms with van der Waals surface area (Å²) in [5, 5.41) is 14.6. The van der Waals surface area contributed by atoms with Gasteiger partial charge in [0.15, 0.2) is 5.82 Å². The monoisotopic (exact) mass is 1470 g/mol. The smallest absolute Gasteiger partial charge is 0.223 e. The molecule has 0 saturated carbocycles. The van der Waals surface area contributed by atoms with E-state index in [2.05, 4.69) is 251 Å². The Morgan fingerprint density at radius 1 is 0.283 bits per heavy atom. The number of aromatic nitrogens is 6. The van der Waals surface area contributed by atoms with Gasteiger partial charge in [0.2, 0.25) is 10.6 Å². The minimum absolute atomic E-state index is 0.0199. The third-order valence-electron chi connectivity index (χ3n) is 16.5. The largest absolute Gasteiger partial charge is 0.227 e. The van der Waals surface area contributed by atoms with Crippen molar-refractivity contribution in [2.24, 2.45) is 0 Å². The third kappa shape index (κ3) is 15.5. The molecular weight excluding hydrogens is 1410 g/mol. The van der Waals surface area contributed by atoms with Crippen LogP contribution < -0.4 is 0 Å². The number of hydrogen-bond donors (Lipinski definition) is 0. The zero-order valence-corrected chi connectivity index (χ0v) is 58.0. The molecule has 15 aromatic carbocycles. The van der Waals surface area contributed by atoms with Gasteiger partial charge in [0.25, 0.3) is 0 Å². The third-order valence-corrected chi connectivity index (χ3v) is 18.4. The summed E-state index contributed by atoms with van der Waals surface area (Å²) in [6, 6.07) is 105. The summed E-state index contributed by atoms with van der Waals surface area (Å²) in [5.74, 6) is 0.657. The lowest BCUT2D eigenvalue weighted by Gasteiger charge is -2.09. The lowest BCUT2D eigenvalue weighted by molar-refractivity contribution is 1.18. The van der Waals surface area contributed by atoms with Crippen molar-refractivity contribution in [1.82, 2.24) is 29.9 Å². The van der Waals surface area contributed by atoms with Crippen molar-refractivity contribution in [2.75, 3.05) is 0 Å². The van der Waals surface area contributed by atoms with Gasteiger partial charge in [-0.1, -0.05) is 335 Å². The van der Waals surface area contributed by atoms with Gasteiger partial charge in [-0.05, 0) is 149 Å². The Balaban J connectivity index is 0.000000112. The summed E-state index contributed by atoms with van der Waals surface area (Å²) in [7, 11) is 0. The quantitative estimate of drug-likeness (QED) is 0.0938. The van der Waals surface area contributed by atoms with Crippen LogP contribution in [0.2, 0.25) is 15.7 Å². The SMILES string of the molecule is Brc1ccc2c(ccc3ccccc32)c1.Brc1ccccc1-c1ccc2ccccc2c1.Clc1nc(-c2cccc(-c3ccccc3)c2)cc(-c2ccc3ccccc3c2)n1.Clc1nc(-c2ccccc2)nc2c1ccc1ccccc12.[2H]c1c([2H])c([2H])c(-c2nc(Cl)nc3ccccc23)c([2H])c1[2H]. The molecule has 0 N–H and O–H groups in total. The first-order chi connectivity index (χ1) is 50.7. The van der Waals surface area contributed by atoms with E-state index in [1.165, 1.54) is 59.8 Å². The van der Waals surface area contributed by atoms with Crippen molar-refractivity contribution in [3.05, 3.63) is 370 Å². The molecule has 11 heteroatoms. The van der Waals surface area contributed by atoms with Gasteiger partial charge in [-0.25, -0.2) is 29.9 Å². The van der Waals surface area contributed by atoms with Crippen LogP contribution in [-0.2, 0) is 0 Å². The minimum Gasteiger partial charge on any atom is -0.227 e. The number of halogens is 5. The van der Waals surface area contributed by atoms with Crippen molar-refractivity contribution in [1.29, 1.82) is 0 Å². The molecule has 0 fully saturated rings. The molecule has 0 aliphatic heterocycles. The van der Waals surface area contributed by atoms with Crippen LogP contribution in [0.3, 0.4) is 0 Å². The van der Waals surface area contributed by atoms with Gasteiger partial charge in [0.05, 0.1) is 35.0 Å². The van der Waals surface area contributed by atoms with E-state index < -0.39 is 18.1 Å². The fourth-order valence-electron chi connectivity index (χ4n) is 11.7. The number of hydrogen-bond acceptors (Lipinski definition) is 6. The standard InChI is InChI=1S/C26H17ClN2.C18H11ClN2.C16H11Br.C14H9Br.C14H9ClN2/c27-26-28-24(22-12-6-11-21(15-22)18-7-2-1-3-8-18)17-25(29-26)23-14-13-19-9-4-5-10-20(19)16-23;19-17-15-11-10-12-6-4-5-9-14(12)16(15)20-18(21-17)13-7-2-1-3-8-13;17-16-8-4-3-7-15(16)14-10-9-12-5-1-2-6-13(12)11-14;15-12-7-8-14-11(9-12)6-5-10-3-1-2-4-13(10)14;15-14-16-12-9-5-4-8-11(12)13(17-14)10-6-2-1-3-7-10/h1-17H;1-11H;1-11H;1-9H;1-9H/i;;;;1D,2D,3D,6D,7D. The zero-order chi connectivity index (χ0) is 71.8. The van der Waals surface area contributed by atoms with E-state index in [1.807, 2.05) is 97.1 Å². The lowest BCUT2D eigenvalue weighted by atomic mass is 10.0. The summed E-state index contributed by atoms with van der Waals surface area (Å²) >= 11 is 25.7. The average molecular weight is 1470 g/mol. The van der Waals surface area contributed by atoms with Crippen molar-refractivity contribution in [2.45, 2.75) is 0 Å². The van der Waals surface area contributed by atoms with E-state index in [0.29, 0.717) is 21.9 Å². The first-order valence-electron chi connectivity index (χ1n) is 34.1. The molecule has 0 aliphatic carbocycles. The highest BCUT2D eigenvalue weighted by atomic mass is 79.9. The molecule has 0 unspecified atom stereocenters. The molecule has 0 aliphatic rings. The van der Waals surface area contributed by atoms with Crippen LogP contribution in [-0.4, -0.2) is 29.9 Å². The zero-order valence-electron chi connectivity index (χ0n) is 57.6. The van der Waals surface area contributed by atoms with Gasteiger partial charge < -0.3 is 0 Å². The molecule has 0 radical (unpaired) electrons. The number of fused-ring (bicyclic) bond motifs is 9. The highest BCUT2D eigenvalue weighted by molar-refractivity contribution is 9.10. The molecular formula is C88H57Br2Cl3N6. The maximum absolute atomic E-state index is 8.04. The van der Waals surface area contributed by atoms with Gasteiger partial charge >= 0.3 is 0 Å². The second-order valence-electron chi connectivity index (χ2n) is 22.9. The van der Waals surface area contributed by atoms with Crippen molar-refractivity contribution >= 4 is 142 Å². The van der Waals surface area contributed by atoms with E-state index in [1.54, 1.807) is 24.3 Å². The van der Waals surface area contributed by atoms with Crippen molar-refractivity contribution < 1.29 is 6.85 Å². The van der Waals surface area contributed by atoms with E-state index in [-0.39, 0.29) is 33.9 Å². The number of benzene rings is 15. The summed E-state index contributed by atoms with van der Waals surface area (Å²) in [4.78, 5) is 26.3. The Bertz CT molecular complexity index is 6210. The summed E-state index contributed by atoms with van der Waals surface area (Å²) in [6.45, 7) is 0. The molecule has 3 aromatic heterocycles. The van der Waals surface area contributed by atoms with Crippen LogP contribution in [0.5, 0.6) is 0 Å². The summed E-state index contributed by atoms with van der Waals surface area (Å²) in [5.41, 5.74) is 11.1. The van der Waals surface area contributed by atoms with Crippen LogP contribution in [0.4, 0.5) is 0 Å². The molecule has 0 saturated heterocycles. The van der Waals surface area contributed by atoms with Crippen LogP contribution >= 0.6 is 66.7 Å². The van der Waals surface area contributed by atoms with Crippen LogP contribution in [0, 0.1) is 0 Å². The van der Waals surface area contributed by atoms with Gasteiger partial charge in [-0.15, -0.1) is 0 Å². The van der Waals surface area contributed by atoms with Gasteiger partial charge in [0, 0.05) is 47.4 Å². The molecule has 0 atom stereocenters. The van der Waals surface area contributed by atoms with E-state index in [9.17, 15) is 0 Å². The van der Waals surface area contributed by atoms with E-state index in [4.69, 9.17) is 46.6 Å². The predicted molar refractivity (Wildman–Crippen MR) is 425 cm³/mol. The second-order valence-corrected chi connectivity index (χ2v) is 25.7. The predicted octanol–water partition coefficient (Wildman–Crippen LogP) is 26.4. The number of para-hydroxylation sites is 1. The van der Waals surface area contributed by atoms with E-state index in [0.717, 1.165) is 64.3 Å². The molecule has 99 heavy (non-hydrogen) atoms. The van der Waals surface area contributed by atoms with Crippen LogP contribution in [0.1, 0.15) is 6.85 Å². The topological polar surface area (TPSA) is 77.3 Å². The number of rotatable bonds is 6. The van der Waals surface area contributed by atoms with E-state index >= 15 is 0 Å². The Hall–Kier alpha value is -10.8. The molecule has 0 spiro atoms. The Kier molecular flexibility index (Phi) is 18.5. The Labute approximate surface area is 612 Å². The molecule has 3 heterocycles. The summed E-state index contributed by atoms with van der Waals surface area (Å²) < 4.78 is 41.5. The van der Waals surface area contributed by atoms with Gasteiger partial charge in [-0.3, -0.25) is 0 Å². The van der Waals surface area contributed by atoms with Crippen molar-refractivity contribution in [3.63, 3.8) is 0 Å². The molecule has 0 amide bonds. The lowest BCUT2D eigenvalue weighted by Crippen LogP contribution is -1.92. The maximum Gasteiger partial charge on any atom is 0.223 e. The summed E-state index contributed by atoms with van der Waals surface area (Å²) in [6.07, 6.45) is 0. The Morgan fingerprint density at radius 3 is 1.48 bits per heavy atom. The Morgan fingerprint density at radius 2 is 0.778 bits per heavy atom. The molecule has 474 valence electrons. The average Bonchev–Trinajstić information content (AvgIpc) is 0.775. The molecule has 18 rings (SSSR count). The van der Waals surface area contributed by atoms with Crippen molar-refractivity contribution in [3.8, 4) is 67.4 Å². The maximum atomic E-state index is 8.04. The second kappa shape index (κ2) is 30.7. The molecule has 6 nitrogen and oxygen atoms in total. The van der Waals surface area contributed by atoms with Gasteiger partial charge in [0.1, 0.15) is 5.15 Å². The van der Waals surface area contributed by atoms with Gasteiger partial charge in [-0.2, -0.15) is 0 Å². The number of nitrogens with zero attached hydrogens (tertiary/aromatic N) is 6. The normalized spacial score (nSPS) is 11.6. The first-order valence-corrected chi connectivity index (χ1v) is 34.3. The van der Waals surface area contributed by atoms with Crippen LogP contribution in [0.15, 0.2) is 355 Å². The van der Waals surface area contributed by atoms with Crippen LogP contribution in [0.25, 0.3) is 143 Å².